The van der Waals surface area contributed by atoms with E-state index in [9.17, 15) is 19.6 Å². The van der Waals surface area contributed by atoms with Gasteiger partial charge in [-0.1, -0.05) is 18.2 Å². The zero-order chi connectivity index (χ0) is 22.0. The zero-order valence-corrected chi connectivity index (χ0v) is 17.1. The van der Waals surface area contributed by atoms with Crippen LogP contribution in [-0.2, 0) is 22.7 Å². The molecule has 2 N–H and O–H groups in total. The van der Waals surface area contributed by atoms with Gasteiger partial charge in [0.15, 0.2) is 0 Å². The Hall–Kier alpha value is -3.87. The number of urea groups is 1. The maximum atomic E-state index is 12.9. The summed E-state index contributed by atoms with van der Waals surface area (Å²) in [6.07, 6.45) is 1.96. The molecule has 160 valence electrons. The van der Waals surface area contributed by atoms with Gasteiger partial charge < -0.3 is 20.0 Å². The summed E-state index contributed by atoms with van der Waals surface area (Å²) in [5.74, 6) is -1.05. The number of carbonyl (C=O) groups excluding carboxylic acids is 3. The highest BCUT2D eigenvalue weighted by Crippen LogP contribution is 2.25. The highest BCUT2D eigenvalue weighted by molar-refractivity contribution is 5.94. The first-order valence-corrected chi connectivity index (χ1v) is 10.0. The Bertz CT molecular complexity index is 1010. The molecule has 0 radical (unpaired) electrons. The second-order valence-electron chi connectivity index (χ2n) is 7.85. The van der Waals surface area contributed by atoms with Crippen LogP contribution in [0.4, 0.5) is 10.5 Å². The molecular formula is C21H23N7O3. The lowest BCUT2D eigenvalue weighted by Gasteiger charge is -2.27. The normalized spacial score (nSPS) is 19.6. The van der Waals surface area contributed by atoms with Crippen molar-refractivity contribution in [2.45, 2.75) is 25.6 Å². The molecule has 0 aliphatic carbocycles. The number of aromatic amines is 1. The van der Waals surface area contributed by atoms with Crippen molar-refractivity contribution in [1.82, 2.24) is 24.9 Å². The van der Waals surface area contributed by atoms with E-state index in [1.165, 1.54) is 9.80 Å². The number of nitrogens with one attached hydrogen (secondary N) is 2. The molecule has 0 bridgehead atoms. The number of rotatable bonds is 4. The van der Waals surface area contributed by atoms with E-state index in [4.69, 9.17) is 0 Å². The molecule has 1 fully saturated rings. The number of fused-ring (bicyclic) bond motifs is 1. The highest BCUT2D eigenvalue weighted by Gasteiger charge is 2.39. The average molecular weight is 421 g/mol. The van der Waals surface area contributed by atoms with Gasteiger partial charge in [0.1, 0.15) is 12.6 Å². The van der Waals surface area contributed by atoms with Crippen molar-refractivity contribution >= 4 is 23.5 Å². The largest absolute Gasteiger partial charge is 0.326 e. The fraction of sp³-hybridized carbons (Fsp3) is 0.381. The van der Waals surface area contributed by atoms with Gasteiger partial charge in [0, 0.05) is 24.8 Å². The molecule has 3 heterocycles. The lowest BCUT2D eigenvalue weighted by Crippen LogP contribution is -2.46. The van der Waals surface area contributed by atoms with Crippen molar-refractivity contribution in [1.29, 1.82) is 5.26 Å². The minimum Gasteiger partial charge on any atom is -0.326 e. The lowest BCUT2D eigenvalue weighted by atomic mass is 10.1. The maximum Gasteiger partial charge on any atom is 0.320 e. The second kappa shape index (κ2) is 8.47. The number of hydrogen-bond acceptors (Lipinski definition) is 5. The van der Waals surface area contributed by atoms with Gasteiger partial charge in [-0.05, 0) is 18.6 Å². The molecule has 2 unspecified atom stereocenters. The van der Waals surface area contributed by atoms with E-state index < -0.39 is 12.0 Å². The van der Waals surface area contributed by atoms with E-state index in [0.29, 0.717) is 18.8 Å². The number of likely N-dealkylation sites (tertiary alicyclic amines) is 1. The van der Waals surface area contributed by atoms with E-state index in [-0.39, 0.29) is 37.4 Å². The number of para-hydroxylation sites is 1. The predicted molar refractivity (Wildman–Crippen MR) is 110 cm³/mol. The molecule has 31 heavy (non-hydrogen) atoms. The van der Waals surface area contributed by atoms with Crippen LogP contribution < -0.4 is 5.32 Å². The fourth-order valence-electron chi connectivity index (χ4n) is 3.99. The van der Waals surface area contributed by atoms with Gasteiger partial charge >= 0.3 is 6.03 Å². The summed E-state index contributed by atoms with van der Waals surface area (Å²) in [7, 11) is 1.56. The molecule has 0 spiro atoms. The average Bonchev–Trinajstić information content (AvgIpc) is 3.48. The van der Waals surface area contributed by atoms with Crippen molar-refractivity contribution in [3.8, 4) is 6.07 Å². The Morgan fingerprint density at radius 1 is 1.29 bits per heavy atom. The minimum atomic E-state index is -0.694. The molecule has 1 aromatic heterocycles. The number of carbonyl (C=O) groups is 3. The molecule has 1 saturated heterocycles. The van der Waals surface area contributed by atoms with Gasteiger partial charge in [0.2, 0.25) is 11.8 Å². The number of nitriles is 1. The lowest BCUT2D eigenvalue weighted by molar-refractivity contribution is -0.131. The summed E-state index contributed by atoms with van der Waals surface area (Å²) in [4.78, 5) is 42.5. The third kappa shape index (κ3) is 4.21. The molecule has 2 atom stereocenters. The second-order valence-corrected chi connectivity index (χ2v) is 7.85. The third-order valence-corrected chi connectivity index (χ3v) is 5.67. The van der Waals surface area contributed by atoms with E-state index in [1.54, 1.807) is 30.3 Å². The molecule has 4 amide bonds. The standard InChI is InChI=1S/C21H23N7O3/c1-26(21(31)27-10-15-9-23-25-18(15)12-27)13-19(29)28-11-14(7-17(28)8-22)20(30)24-16-5-3-2-4-6-16/h2-6,9,14,17H,7,10-13H2,1H3,(H,23,25)(H,24,30). The molecule has 0 saturated carbocycles. The molecule has 2 aliphatic heterocycles. The number of aromatic nitrogens is 2. The molecular weight excluding hydrogens is 398 g/mol. The van der Waals surface area contributed by atoms with Crippen LogP contribution in [0.2, 0.25) is 0 Å². The van der Waals surface area contributed by atoms with Crippen LogP contribution in [0, 0.1) is 17.2 Å². The van der Waals surface area contributed by atoms with Crippen LogP contribution in [0.1, 0.15) is 17.7 Å². The van der Waals surface area contributed by atoms with Gasteiger partial charge in [-0.2, -0.15) is 10.4 Å². The number of hydrogen-bond donors (Lipinski definition) is 2. The first-order valence-electron chi connectivity index (χ1n) is 10.0. The number of amides is 4. The Morgan fingerprint density at radius 2 is 2.06 bits per heavy atom. The van der Waals surface area contributed by atoms with Crippen molar-refractivity contribution in [2.75, 3.05) is 25.5 Å². The molecule has 2 aromatic rings. The quantitative estimate of drug-likeness (QED) is 0.766. The SMILES string of the molecule is CN(CC(=O)N1CC(C(=O)Nc2ccccc2)CC1C#N)C(=O)N1Cc2cn[nH]c2C1. The summed E-state index contributed by atoms with van der Waals surface area (Å²) in [6.45, 7) is 0.846. The minimum absolute atomic E-state index is 0.151. The van der Waals surface area contributed by atoms with Crippen molar-refractivity contribution < 1.29 is 14.4 Å². The van der Waals surface area contributed by atoms with E-state index in [1.807, 2.05) is 18.2 Å². The van der Waals surface area contributed by atoms with E-state index >= 15 is 0 Å². The van der Waals surface area contributed by atoms with Crippen molar-refractivity contribution in [2.24, 2.45) is 5.92 Å². The monoisotopic (exact) mass is 421 g/mol. The molecule has 1 aromatic carbocycles. The van der Waals surface area contributed by atoms with Crippen LogP contribution in [0.3, 0.4) is 0 Å². The Morgan fingerprint density at radius 3 is 2.77 bits per heavy atom. The van der Waals surface area contributed by atoms with Crippen molar-refractivity contribution in [3.05, 3.63) is 47.8 Å². The number of benzene rings is 1. The number of H-pyrrole nitrogens is 1. The van der Waals surface area contributed by atoms with Crippen LogP contribution in [0.5, 0.6) is 0 Å². The van der Waals surface area contributed by atoms with Crippen LogP contribution in [0.25, 0.3) is 0 Å². The Balaban J connectivity index is 1.34. The first kappa shape index (κ1) is 20.4. The van der Waals surface area contributed by atoms with Crippen LogP contribution in [0.15, 0.2) is 36.5 Å². The van der Waals surface area contributed by atoms with Gasteiger partial charge in [-0.3, -0.25) is 14.7 Å². The van der Waals surface area contributed by atoms with Crippen LogP contribution in [-0.4, -0.2) is 68.9 Å². The molecule has 10 heteroatoms. The van der Waals surface area contributed by atoms with Gasteiger partial charge in [-0.15, -0.1) is 0 Å². The van der Waals surface area contributed by atoms with Gasteiger partial charge in [-0.25, -0.2) is 4.79 Å². The molecule has 2 aliphatic rings. The summed E-state index contributed by atoms with van der Waals surface area (Å²) in [6, 6.07) is 10.2. The number of nitrogens with zero attached hydrogens (tertiary/aromatic N) is 5. The maximum absolute atomic E-state index is 12.9. The third-order valence-electron chi connectivity index (χ3n) is 5.67. The summed E-state index contributed by atoms with van der Waals surface area (Å²) in [5.41, 5.74) is 2.52. The van der Waals surface area contributed by atoms with Crippen LogP contribution >= 0.6 is 0 Å². The topological polar surface area (TPSA) is 125 Å². The first-order chi connectivity index (χ1) is 15.0. The van der Waals surface area contributed by atoms with E-state index in [2.05, 4.69) is 21.6 Å². The van der Waals surface area contributed by atoms with Crippen molar-refractivity contribution in [3.63, 3.8) is 0 Å². The zero-order valence-electron chi connectivity index (χ0n) is 17.1. The fourth-order valence-corrected chi connectivity index (χ4v) is 3.99. The Labute approximate surface area is 179 Å². The van der Waals surface area contributed by atoms with E-state index in [0.717, 1.165) is 11.3 Å². The number of likely N-dealkylation sites (N-methyl/N-ethyl adjacent to an activating group) is 1. The highest BCUT2D eigenvalue weighted by atomic mass is 16.2. The predicted octanol–water partition coefficient (Wildman–Crippen LogP) is 1.16. The van der Waals surface area contributed by atoms with Gasteiger partial charge in [0.25, 0.3) is 0 Å². The summed E-state index contributed by atoms with van der Waals surface area (Å²) >= 11 is 0. The smallest absolute Gasteiger partial charge is 0.320 e. The summed E-state index contributed by atoms with van der Waals surface area (Å²) in [5, 5.41) is 19.1. The molecule has 4 rings (SSSR count). The van der Waals surface area contributed by atoms with Gasteiger partial charge in [0.05, 0.1) is 37.0 Å². The summed E-state index contributed by atoms with van der Waals surface area (Å²) < 4.78 is 0. The molecule has 10 nitrogen and oxygen atoms in total. The number of anilines is 1. The Kier molecular flexibility index (Phi) is 5.58.